The molecule has 0 saturated carbocycles. The number of aryl methyl sites for hydroxylation is 2. The van der Waals surface area contributed by atoms with E-state index in [0.29, 0.717) is 16.5 Å². The number of carboxylic acids is 1. The monoisotopic (exact) mass is 565 g/mol. The van der Waals surface area contributed by atoms with Crippen LogP contribution in [0.3, 0.4) is 0 Å². The fourth-order valence-electron chi connectivity index (χ4n) is 5.87. The highest BCUT2D eigenvalue weighted by Crippen LogP contribution is 2.30. The van der Waals surface area contributed by atoms with Gasteiger partial charge in [-0.05, 0) is 62.7 Å². The highest BCUT2D eigenvalue weighted by molar-refractivity contribution is 6.20. The van der Waals surface area contributed by atoms with Crippen LogP contribution < -0.4 is 0 Å². The molecule has 0 bridgehead atoms. The van der Waals surface area contributed by atoms with E-state index < -0.39 is 5.97 Å². The molecule has 0 spiro atoms. The molecule has 0 amide bonds. The second kappa shape index (κ2) is 11.4. The number of ketones is 1. The van der Waals surface area contributed by atoms with Crippen LogP contribution in [0.25, 0.3) is 38.4 Å². The van der Waals surface area contributed by atoms with E-state index in [2.05, 4.69) is 81.7 Å². The fraction of sp³-hybridized carbons (Fsp3) is 0.108. The van der Waals surface area contributed by atoms with Gasteiger partial charge in [0, 0.05) is 51.5 Å². The quantitative estimate of drug-likeness (QED) is 0.213. The van der Waals surface area contributed by atoms with Crippen LogP contribution in [0.1, 0.15) is 44.7 Å². The van der Waals surface area contributed by atoms with Crippen LogP contribution in [0.15, 0.2) is 115 Å². The third kappa shape index (κ3) is 4.97. The molecule has 1 N–H and O–H groups in total. The third-order valence-electron chi connectivity index (χ3n) is 7.96. The zero-order chi connectivity index (χ0) is 30.1. The molecule has 0 fully saturated rings. The van der Waals surface area contributed by atoms with E-state index in [-0.39, 0.29) is 17.0 Å². The molecule has 0 atom stereocenters. The number of carboxylic acid groups (broad SMARTS) is 1. The van der Waals surface area contributed by atoms with Crippen LogP contribution in [0.5, 0.6) is 0 Å². The molecule has 0 saturated heterocycles. The van der Waals surface area contributed by atoms with Crippen molar-refractivity contribution in [3.8, 4) is 11.1 Å². The van der Waals surface area contributed by atoms with Gasteiger partial charge in [-0.1, -0.05) is 72.8 Å². The van der Waals surface area contributed by atoms with Gasteiger partial charge in [0.2, 0.25) is 5.78 Å². The molecule has 0 radical (unpaired) electrons. The second-order valence-electron chi connectivity index (χ2n) is 10.4. The number of hydrogen-bond donors (Lipinski definition) is 1. The number of carbonyl (C=O) groups excluding carboxylic acids is 1. The topological polar surface area (TPSA) is 76.6 Å². The largest absolute Gasteiger partial charge is 0.478 e. The number of carbonyl (C=O) groups is 2. The minimum Gasteiger partial charge on any atom is -0.478 e. The molecular weight excluding hydrogens is 534 g/mol. The number of aromatic carboxylic acids is 1. The van der Waals surface area contributed by atoms with Crippen LogP contribution in [0, 0.1) is 13.8 Å². The molecule has 0 aliphatic carbocycles. The van der Waals surface area contributed by atoms with Gasteiger partial charge in [-0.15, -0.1) is 0 Å². The van der Waals surface area contributed by atoms with Gasteiger partial charge in [0.1, 0.15) is 5.69 Å². The average Bonchev–Trinajstić information content (AvgIpc) is 3.53. The first-order valence-corrected chi connectivity index (χ1v) is 14.3. The van der Waals surface area contributed by atoms with E-state index in [1.165, 1.54) is 28.4 Å². The Hall–Kier alpha value is -5.49. The van der Waals surface area contributed by atoms with Gasteiger partial charge in [0.25, 0.3) is 0 Å². The lowest BCUT2D eigenvalue weighted by Gasteiger charge is -2.08. The van der Waals surface area contributed by atoms with E-state index in [1.807, 2.05) is 50.2 Å². The molecular formula is C37H31N3O3. The maximum absolute atomic E-state index is 13.4. The van der Waals surface area contributed by atoms with Crippen LogP contribution in [-0.2, 0) is 6.54 Å². The molecule has 7 aromatic rings. The molecule has 212 valence electrons. The Morgan fingerprint density at radius 1 is 0.791 bits per heavy atom. The number of rotatable bonds is 5. The van der Waals surface area contributed by atoms with Crippen molar-refractivity contribution in [2.45, 2.75) is 27.3 Å². The van der Waals surface area contributed by atoms with Crippen LogP contribution in [0.4, 0.5) is 0 Å². The van der Waals surface area contributed by atoms with E-state index >= 15 is 0 Å². The van der Waals surface area contributed by atoms with Crippen molar-refractivity contribution in [3.05, 3.63) is 144 Å². The maximum Gasteiger partial charge on any atom is 0.338 e. The summed E-state index contributed by atoms with van der Waals surface area (Å²) in [5.74, 6) is -1.52. The predicted octanol–water partition coefficient (Wildman–Crippen LogP) is 8.36. The van der Waals surface area contributed by atoms with Crippen molar-refractivity contribution >= 4 is 39.1 Å². The Balaban J connectivity index is 0.000000174. The zero-order valence-corrected chi connectivity index (χ0v) is 24.3. The van der Waals surface area contributed by atoms with Gasteiger partial charge in [-0.2, -0.15) is 0 Å². The summed E-state index contributed by atoms with van der Waals surface area (Å²) in [7, 11) is 0. The second-order valence-corrected chi connectivity index (χ2v) is 10.4. The SMILES string of the molecule is CCn1c(C)c(C(=O)c2nc3ccccc3cc2C(=O)O)c2ccccc21.Cc1c(-c2ccccc2)cc2ccccn12. The Kier molecular flexibility index (Phi) is 7.34. The molecule has 6 heteroatoms. The van der Waals surface area contributed by atoms with Crippen LogP contribution in [0.2, 0.25) is 0 Å². The number of nitrogens with zero attached hydrogens (tertiary/aromatic N) is 3. The van der Waals surface area contributed by atoms with E-state index in [0.717, 1.165) is 23.1 Å². The van der Waals surface area contributed by atoms with Crippen molar-refractivity contribution in [3.63, 3.8) is 0 Å². The standard InChI is InChI=1S/C22H18N2O3.C15H13N/c1-3-24-13(2)19(15-9-5-7-11-18(15)24)21(25)20-16(22(26)27)12-14-8-4-6-10-17(14)23-20;1-12-15(13-7-3-2-4-8-13)11-14-9-5-6-10-16(12)14/h4-12H,3H2,1-2H3,(H,26,27);2-11H,1H3. The maximum atomic E-state index is 13.4. The molecule has 0 unspecified atom stereocenters. The normalized spacial score (nSPS) is 11.0. The summed E-state index contributed by atoms with van der Waals surface area (Å²) in [6.07, 6.45) is 2.11. The average molecular weight is 566 g/mol. The first kappa shape index (κ1) is 27.7. The van der Waals surface area contributed by atoms with Crippen LogP contribution in [-0.4, -0.2) is 30.8 Å². The summed E-state index contributed by atoms with van der Waals surface area (Å²) >= 11 is 0. The van der Waals surface area contributed by atoms with Crippen molar-refractivity contribution in [2.75, 3.05) is 0 Å². The molecule has 3 aromatic carbocycles. The summed E-state index contributed by atoms with van der Waals surface area (Å²) in [6, 6.07) is 35.4. The molecule has 7 rings (SSSR count). The van der Waals surface area contributed by atoms with Gasteiger partial charge >= 0.3 is 5.97 Å². The Bertz CT molecular complexity index is 2140. The van der Waals surface area contributed by atoms with Crippen molar-refractivity contribution in [1.29, 1.82) is 0 Å². The van der Waals surface area contributed by atoms with Crippen molar-refractivity contribution in [1.82, 2.24) is 14.0 Å². The predicted molar refractivity (Wildman–Crippen MR) is 172 cm³/mol. The van der Waals surface area contributed by atoms with E-state index in [1.54, 1.807) is 12.1 Å². The smallest absolute Gasteiger partial charge is 0.338 e. The van der Waals surface area contributed by atoms with Crippen molar-refractivity contribution in [2.24, 2.45) is 0 Å². The molecule has 4 heterocycles. The highest BCUT2D eigenvalue weighted by atomic mass is 16.4. The zero-order valence-electron chi connectivity index (χ0n) is 24.3. The lowest BCUT2D eigenvalue weighted by Crippen LogP contribution is -2.13. The van der Waals surface area contributed by atoms with Gasteiger partial charge in [0.15, 0.2) is 0 Å². The summed E-state index contributed by atoms with van der Waals surface area (Å²) in [4.78, 5) is 29.7. The van der Waals surface area contributed by atoms with Crippen LogP contribution >= 0.6 is 0 Å². The summed E-state index contributed by atoms with van der Waals surface area (Å²) in [5, 5.41) is 11.2. The van der Waals surface area contributed by atoms with Gasteiger partial charge < -0.3 is 14.1 Å². The highest BCUT2D eigenvalue weighted by Gasteiger charge is 2.26. The molecule has 43 heavy (non-hydrogen) atoms. The first-order valence-electron chi connectivity index (χ1n) is 14.3. The number of hydrogen-bond acceptors (Lipinski definition) is 3. The summed E-state index contributed by atoms with van der Waals surface area (Å²) in [5.41, 5.74) is 7.92. The number of aromatic nitrogens is 3. The third-order valence-corrected chi connectivity index (χ3v) is 7.96. The molecule has 6 nitrogen and oxygen atoms in total. The first-order chi connectivity index (χ1) is 20.9. The van der Waals surface area contributed by atoms with Gasteiger partial charge in [-0.3, -0.25) is 4.79 Å². The molecule has 0 aliphatic rings. The Morgan fingerprint density at radius 3 is 2.23 bits per heavy atom. The van der Waals surface area contributed by atoms with Crippen molar-refractivity contribution < 1.29 is 14.7 Å². The Morgan fingerprint density at radius 2 is 1.49 bits per heavy atom. The fourth-order valence-corrected chi connectivity index (χ4v) is 5.87. The molecule has 4 aromatic heterocycles. The lowest BCUT2D eigenvalue weighted by molar-refractivity contribution is 0.0692. The van der Waals surface area contributed by atoms with E-state index in [4.69, 9.17) is 0 Å². The Labute approximate surface area is 249 Å². The number of fused-ring (bicyclic) bond motifs is 3. The molecule has 0 aliphatic heterocycles. The minimum atomic E-state index is -1.16. The number of para-hydroxylation sites is 2. The summed E-state index contributed by atoms with van der Waals surface area (Å²) in [6.45, 7) is 6.79. The number of benzene rings is 3. The number of pyridine rings is 2. The van der Waals surface area contributed by atoms with Gasteiger partial charge in [-0.25, -0.2) is 9.78 Å². The minimum absolute atomic E-state index is 0.0247. The lowest BCUT2D eigenvalue weighted by atomic mass is 9.99. The summed E-state index contributed by atoms with van der Waals surface area (Å²) < 4.78 is 4.28. The van der Waals surface area contributed by atoms with Gasteiger partial charge in [0.05, 0.1) is 16.6 Å². The van der Waals surface area contributed by atoms with E-state index in [9.17, 15) is 14.7 Å².